The molecule has 1 aliphatic heterocycles. The van der Waals surface area contributed by atoms with Crippen LogP contribution in [0.3, 0.4) is 0 Å². The summed E-state index contributed by atoms with van der Waals surface area (Å²) < 4.78 is 63.3. The molecule has 2 aromatic carbocycles. The van der Waals surface area contributed by atoms with Gasteiger partial charge in [0.05, 0.1) is 11.3 Å². The topological polar surface area (TPSA) is 66.4 Å². The number of halogens is 3. The monoisotopic (exact) mass is 357 g/mol. The summed E-state index contributed by atoms with van der Waals surface area (Å²) in [6.45, 7) is 0. The predicted molar refractivity (Wildman–Crippen MR) is 82.8 cm³/mol. The van der Waals surface area contributed by atoms with Gasteiger partial charge < -0.3 is 5.11 Å². The highest BCUT2D eigenvalue weighted by Crippen LogP contribution is 2.37. The highest BCUT2D eigenvalue weighted by atomic mass is 32.2. The van der Waals surface area contributed by atoms with Crippen LogP contribution in [-0.2, 0) is 16.2 Å². The number of rotatable bonds is 2. The van der Waals surface area contributed by atoms with Gasteiger partial charge in [0.15, 0.2) is 0 Å². The molecule has 0 saturated carbocycles. The van der Waals surface area contributed by atoms with E-state index in [-0.39, 0.29) is 17.4 Å². The van der Waals surface area contributed by atoms with Crippen molar-refractivity contribution >= 4 is 10.0 Å². The lowest BCUT2D eigenvalue weighted by atomic mass is 9.98. The van der Waals surface area contributed by atoms with Crippen LogP contribution in [0.1, 0.15) is 23.6 Å². The van der Waals surface area contributed by atoms with Crippen molar-refractivity contribution in [3.05, 3.63) is 53.6 Å². The van der Waals surface area contributed by atoms with E-state index < -0.39 is 27.5 Å². The van der Waals surface area contributed by atoms with Gasteiger partial charge in [-0.25, -0.2) is 13.1 Å². The molecular weight excluding hydrogens is 343 g/mol. The van der Waals surface area contributed by atoms with Crippen LogP contribution in [0.5, 0.6) is 5.75 Å². The van der Waals surface area contributed by atoms with E-state index in [4.69, 9.17) is 0 Å². The maximum Gasteiger partial charge on any atom is 0.416 e. The number of nitrogens with one attached hydrogen (secondary N) is 1. The zero-order valence-corrected chi connectivity index (χ0v) is 13.2. The van der Waals surface area contributed by atoms with E-state index in [1.165, 1.54) is 6.07 Å². The Hall–Kier alpha value is -2.06. The van der Waals surface area contributed by atoms with Crippen LogP contribution in [-0.4, -0.2) is 19.3 Å². The van der Waals surface area contributed by atoms with Crippen LogP contribution in [0.2, 0.25) is 0 Å². The number of hydrogen-bond acceptors (Lipinski definition) is 3. The first-order chi connectivity index (χ1) is 11.2. The summed E-state index contributed by atoms with van der Waals surface area (Å²) in [5, 5.41) is 9.87. The second-order valence-electron chi connectivity index (χ2n) is 5.63. The standard InChI is InChI=1S/C16H14F3NO3S/c17-16(18,19)12-5-6-13(15(21)9-12)10-1-3-11(4-2-10)14-7-8-24(22,23)20-14/h1-6,9,14,20-21H,7-8H2. The van der Waals surface area contributed by atoms with E-state index in [1.54, 1.807) is 24.3 Å². The maximum absolute atomic E-state index is 12.6. The third-order valence-electron chi connectivity index (χ3n) is 3.95. The number of benzene rings is 2. The molecule has 0 spiro atoms. The lowest BCUT2D eigenvalue weighted by Crippen LogP contribution is -2.19. The predicted octanol–water partition coefficient (Wildman–Crippen LogP) is 3.44. The van der Waals surface area contributed by atoms with Crippen molar-refractivity contribution in [2.75, 3.05) is 5.75 Å². The normalized spacial score (nSPS) is 20.2. The first-order valence-corrected chi connectivity index (χ1v) is 8.81. The number of phenolic OH excluding ortho intramolecular Hbond substituents is 1. The molecule has 1 unspecified atom stereocenters. The smallest absolute Gasteiger partial charge is 0.416 e. The van der Waals surface area contributed by atoms with Crippen LogP contribution < -0.4 is 4.72 Å². The van der Waals surface area contributed by atoms with Gasteiger partial charge in [0.25, 0.3) is 0 Å². The molecule has 1 saturated heterocycles. The van der Waals surface area contributed by atoms with E-state index in [9.17, 15) is 26.7 Å². The van der Waals surface area contributed by atoms with E-state index in [1.807, 2.05) is 0 Å². The zero-order valence-electron chi connectivity index (χ0n) is 12.3. The Balaban J connectivity index is 1.86. The van der Waals surface area contributed by atoms with E-state index in [0.717, 1.165) is 11.6 Å². The second kappa shape index (κ2) is 5.78. The summed E-state index contributed by atoms with van der Waals surface area (Å²) in [5.74, 6) is -0.391. The molecule has 1 heterocycles. The fourth-order valence-corrected chi connectivity index (χ4v) is 4.04. The highest BCUT2D eigenvalue weighted by Gasteiger charge is 2.31. The van der Waals surface area contributed by atoms with E-state index >= 15 is 0 Å². The van der Waals surface area contributed by atoms with Gasteiger partial charge in [0.1, 0.15) is 5.75 Å². The highest BCUT2D eigenvalue weighted by molar-refractivity contribution is 7.89. The Bertz CT molecular complexity index is 861. The van der Waals surface area contributed by atoms with Gasteiger partial charge in [-0.1, -0.05) is 30.3 Å². The van der Waals surface area contributed by atoms with Crippen LogP contribution in [0.25, 0.3) is 11.1 Å². The van der Waals surface area contributed by atoms with Crippen LogP contribution in [0, 0.1) is 0 Å². The number of sulfonamides is 1. The third kappa shape index (κ3) is 3.39. The molecule has 2 N–H and O–H groups in total. The van der Waals surface area contributed by atoms with Crippen molar-refractivity contribution in [1.29, 1.82) is 0 Å². The third-order valence-corrected chi connectivity index (χ3v) is 5.36. The SMILES string of the molecule is O=S1(=O)CCC(c2ccc(-c3ccc(C(F)(F)F)cc3O)cc2)N1. The number of aromatic hydroxyl groups is 1. The van der Waals surface area contributed by atoms with Gasteiger partial charge in [-0.05, 0) is 29.7 Å². The molecule has 0 bridgehead atoms. The Kier molecular flexibility index (Phi) is 4.05. The summed E-state index contributed by atoms with van der Waals surface area (Å²) in [6.07, 6.45) is -4.05. The second-order valence-corrected chi connectivity index (χ2v) is 7.50. The van der Waals surface area contributed by atoms with Gasteiger partial charge in [-0.15, -0.1) is 0 Å². The minimum Gasteiger partial charge on any atom is -0.507 e. The molecule has 1 atom stereocenters. The molecule has 0 aliphatic carbocycles. The molecule has 128 valence electrons. The molecule has 1 aliphatic rings. The summed E-state index contributed by atoms with van der Waals surface area (Å²) in [7, 11) is -3.23. The zero-order chi connectivity index (χ0) is 17.5. The minimum absolute atomic E-state index is 0.0686. The van der Waals surface area contributed by atoms with Crippen molar-refractivity contribution in [3.8, 4) is 16.9 Å². The summed E-state index contributed by atoms with van der Waals surface area (Å²) in [4.78, 5) is 0. The molecule has 0 aromatic heterocycles. The molecule has 8 heteroatoms. The average molecular weight is 357 g/mol. The lowest BCUT2D eigenvalue weighted by molar-refractivity contribution is -0.137. The summed E-state index contributed by atoms with van der Waals surface area (Å²) >= 11 is 0. The Morgan fingerprint density at radius 3 is 2.25 bits per heavy atom. The van der Waals surface area contributed by atoms with Gasteiger partial charge >= 0.3 is 6.18 Å². The molecule has 0 radical (unpaired) electrons. The number of alkyl halides is 3. The quantitative estimate of drug-likeness (QED) is 0.865. The van der Waals surface area contributed by atoms with Gasteiger partial charge in [0, 0.05) is 11.6 Å². The first kappa shape index (κ1) is 16.8. The molecule has 3 rings (SSSR count). The Morgan fingerprint density at radius 1 is 1.08 bits per heavy atom. The van der Waals surface area contributed by atoms with Crippen molar-refractivity contribution in [2.45, 2.75) is 18.6 Å². The molecule has 4 nitrogen and oxygen atoms in total. The molecule has 24 heavy (non-hydrogen) atoms. The van der Waals surface area contributed by atoms with Crippen LogP contribution in [0.4, 0.5) is 13.2 Å². The van der Waals surface area contributed by atoms with Crippen LogP contribution in [0.15, 0.2) is 42.5 Å². The molecule has 0 amide bonds. The lowest BCUT2D eigenvalue weighted by Gasteiger charge is -2.12. The maximum atomic E-state index is 12.6. The number of hydrogen-bond donors (Lipinski definition) is 2. The fourth-order valence-electron chi connectivity index (χ4n) is 2.69. The Labute approximate surface area is 137 Å². The summed E-state index contributed by atoms with van der Waals surface area (Å²) in [5.41, 5.74) is 0.680. The van der Waals surface area contributed by atoms with E-state index in [0.29, 0.717) is 18.1 Å². The van der Waals surface area contributed by atoms with Gasteiger partial charge in [-0.2, -0.15) is 13.2 Å². The summed E-state index contributed by atoms with van der Waals surface area (Å²) in [6, 6.07) is 9.20. The Morgan fingerprint density at radius 2 is 1.75 bits per heavy atom. The fraction of sp³-hybridized carbons (Fsp3) is 0.250. The van der Waals surface area contributed by atoms with Gasteiger partial charge in [-0.3, -0.25) is 0 Å². The van der Waals surface area contributed by atoms with E-state index in [2.05, 4.69) is 4.72 Å². The average Bonchev–Trinajstić information content (AvgIpc) is 2.87. The van der Waals surface area contributed by atoms with Crippen molar-refractivity contribution < 1.29 is 26.7 Å². The van der Waals surface area contributed by atoms with Crippen molar-refractivity contribution in [1.82, 2.24) is 4.72 Å². The number of phenols is 1. The first-order valence-electron chi connectivity index (χ1n) is 7.16. The van der Waals surface area contributed by atoms with Gasteiger partial charge in [0.2, 0.25) is 10.0 Å². The van der Waals surface area contributed by atoms with Crippen molar-refractivity contribution in [2.24, 2.45) is 0 Å². The largest absolute Gasteiger partial charge is 0.507 e. The molecule has 1 fully saturated rings. The molecular formula is C16H14F3NO3S. The molecule has 2 aromatic rings. The van der Waals surface area contributed by atoms with Crippen molar-refractivity contribution in [3.63, 3.8) is 0 Å². The van der Waals surface area contributed by atoms with Crippen LogP contribution >= 0.6 is 0 Å². The minimum atomic E-state index is -4.51.